The minimum Gasteiger partial charge on any atom is -0.481 e. The van der Waals surface area contributed by atoms with Crippen LogP contribution in [0.15, 0.2) is 12.4 Å². The van der Waals surface area contributed by atoms with Crippen molar-refractivity contribution in [2.45, 2.75) is 38.8 Å². The van der Waals surface area contributed by atoms with Crippen LogP contribution in [0, 0.1) is 17.8 Å². The average molecular weight is 249 g/mol. The van der Waals surface area contributed by atoms with E-state index in [2.05, 4.69) is 17.2 Å². The number of aryl methyl sites for hydroxylation is 1. The standard InChI is InChI=1S/C13H19N3O2/c1-2-16-6-5-14-13(16)15-11-9-4-3-8(7-9)10(11)12(17)18/h5-6,8-11H,2-4,7H2,1H3,(H,14,15)(H,17,18). The van der Waals surface area contributed by atoms with Crippen LogP contribution in [0.25, 0.3) is 0 Å². The molecule has 0 aliphatic heterocycles. The second-order valence-electron chi connectivity index (χ2n) is 5.40. The number of nitrogens with one attached hydrogen (secondary N) is 1. The smallest absolute Gasteiger partial charge is 0.308 e. The third kappa shape index (κ3) is 1.69. The lowest BCUT2D eigenvalue weighted by molar-refractivity contribution is -0.143. The highest BCUT2D eigenvalue weighted by molar-refractivity contribution is 5.73. The molecule has 2 aliphatic carbocycles. The summed E-state index contributed by atoms with van der Waals surface area (Å²) in [5.74, 6) is 0.759. The molecule has 0 aromatic carbocycles. The number of fused-ring (bicyclic) bond motifs is 2. The van der Waals surface area contributed by atoms with E-state index in [1.807, 2.05) is 10.8 Å². The van der Waals surface area contributed by atoms with Gasteiger partial charge in [-0.05, 0) is 38.0 Å². The molecule has 3 rings (SSSR count). The van der Waals surface area contributed by atoms with Gasteiger partial charge in [0.2, 0.25) is 5.95 Å². The van der Waals surface area contributed by atoms with Gasteiger partial charge < -0.3 is 15.0 Å². The second kappa shape index (κ2) is 4.30. The van der Waals surface area contributed by atoms with Gasteiger partial charge in [0.25, 0.3) is 0 Å². The van der Waals surface area contributed by atoms with Gasteiger partial charge in [0, 0.05) is 25.0 Å². The molecule has 2 bridgehead atoms. The predicted molar refractivity (Wildman–Crippen MR) is 67.3 cm³/mol. The number of carboxylic acids is 1. The van der Waals surface area contributed by atoms with Crippen molar-refractivity contribution in [3.63, 3.8) is 0 Å². The molecule has 18 heavy (non-hydrogen) atoms. The molecule has 1 aromatic heterocycles. The van der Waals surface area contributed by atoms with Gasteiger partial charge in [-0.1, -0.05) is 0 Å². The molecule has 5 heteroatoms. The summed E-state index contributed by atoms with van der Waals surface area (Å²) in [6.07, 6.45) is 6.96. The number of carboxylic acid groups (broad SMARTS) is 1. The first-order valence-electron chi connectivity index (χ1n) is 6.71. The van der Waals surface area contributed by atoms with Gasteiger partial charge in [-0.2, -0.15) is 0 Å². The molecule has 2 fully saturated rings. The summed E-state index contributed by atoms with van der Waals surface area (Å²) in [6.45, 7) is 2.91. The molecule has 2 saturated carbocycles. The van der Waals surface area contributed by atoms with Crippen molar-refractivity contribution in [2.75, 3.05) is 5.32 Å². The number of imidazole rings is 1. The van der Waals surface area contributed by atoms with Crippen LogP contribution >= 0.6 is 0 Å². The highest BCUT2D eigenvalue weighted by Gasteiger charge is 2.51. The second-order valence-corrected chi connectivity index (χ2v) is 5.40. The van der Waals surface area contributed by atoms with Crippen LogP contribution in [-0.2, 0) is 11.3 Å². The molecule has 98 valence electrons. The zero-order valence-electron chi connectivity index (χ0n) is 10.5. The molecule has 4 unspecified atom stereocenters. The van der Waals surface area contributed by atoms with E-state index in [4.69, 9.17) is 0 Å². The SMILES string of the molecule is CCn1ccnc1NC1C2CCC(C2)C1C(=O)O. The van der Waals surface area contributed by atoms with Crippen molar-refractivity contribution in [1.29, 1.82) is 0 Å². The molecule has 0 spiro atoms. The molecule has 1 aromatic rings. The zero-order valence-corrected chi connectivity index (χ0v) is 10.5. The molecule has 5 nitrogen and oxygen atoms in total. The summed E-state index contributed by atoms with van der Waals surface area (Å²) in [5, 5.41) is 12.8. The Bertz CT molecular complexity index is 457. The van der Waals surface area contributed by atoms with E-state index in [-0.39, 0.29) is 12.0 Å². The largest absolute Gasteiger partial charge is 0.481 e. The summed E-state index contributed by atoms with van der Waals surface area (Å²) in [6, 6.07) is 0.0500. The number of aromatic nitrogens is 2. The first kappa shape index (κ1) is 11.6. The fourth-order valence-corrected chi connectivity index (χ4v) is 3.71. The van der Waals surface area contributed by atoms with E-state index >= 15 is 0 Å². The quantitative estimate of drug-likeness (QED) is 0.854. The lowest BCUT2D eigenvalue weighted by Crippen LogP contribution is -2.39. The number of anilines is 1. The summed E-state index contributed by atoms with van der Waals surface area (Å²) in [7, 11) is 0. The van der Waals surface area contributed by atoms with E-state index in [9.17, 15) is 9.90 Å². The molecule has 0 saturated heterocycles. The molecular formula is C13H19N3O2. The number of hydrogen-bond donors (Lipinski definition) is 2. The van der Waals surface area contributed by atoms with Gasteiger partial charge >= 0.3 is 5.97 Å². The summed E-state index contributed by atoms with van der Waals surface area (Å²) in [5.41, 5.74) is 0. The van der Waals surface area contributed by atoms with Gasteiger partial charge in [0.15, 0.2) is 0 Å². The van der Waals surface area contributed by atoms with E-state index in [1.54, 1.807) is 6.20 Å². The Morgan fingerprint density at radius 3 is 3.06 bits per heavy atom. The van der Waals surface area contributed by atoms with E-state index in [0.29, 0.717) is 11.8 Å². The van der Waals surface area contributed by atoms with Crippen LogP contribution in [0.3, 0.4) is 0 Å². The molecule has 1 heterocycles. The highest BCUT2D eigenvalue weighted by atomic mass is 16.4. The van der Waals surface area contributed by atoms with Gasteiger partial charge in [0.1, 0.15) is 0 Å². The maximum atomic E-state index is 11.4. The Labute approximate surface area is 106 Å². The minimum absolute atomic E-state index is 0.0500. The molecule has 0 amide bonds. The first-order valence-corrected chi connectivity index (χ1v) is 6.71. The fraction of sp³-hybridized carbons (Fsp3) is 0.692. The van der Waals surface area contributed by atoms with Crippen molar-refractivity contribution >= 4 is 11.9 Å². The maximum Gasteiger partial charge on any atom is 0.308 e. The topological polar surface area (TPSA) is 67.2 Å². The third-order valence-electron chi connectivity index (χ3n) is 4.55. The zero-order chi connectivity index (χ0) is 12.7. The van der Waals surface area contributed by atoms with Crippen LogP contribution in [-0.4, -0.2) is 26.7 Å². The summed E-state index contributed by atoms with van der Waals surface area (Å²) in [4.78, 5) is 15.7. The Hall–Kier alpha value is -1.52. The highest BCUT2D eigenvalue weighted by Crippen LogP contribution is 2.49. The molecule has 2 aliphatic rings. The predicted octanol–water partition coefficient (Wildman–Crippen LogP) is 1.81. The van der Waals surface area contributed by atoms with Crippen LogP contribution < -0.4 is 5.32 Å². The Morgan fingerprint density at radius 1 is 1.56 bits per heavy atom. The number of aliphatic carboxylic acids is 1. The molecule has 2 N–H and O–H groups in total. The van der Waals surface area contributed by atoms with Crippen LogP contribution in [0.5, 0.6) is 0 Å². The Kier molecular flexibility index (Phi) is 2.76. The number of nitrogens with zero attached hydrogens (tertiary/aromatic N) is 2. The van der Waals surface area contributed by atoms with Gasteiger partial charge in [-0.3, -0.25) is 4.79 Å². The van der Waals surface area contributed by atoms with E-state index in [0.717, 1.165) is 31.8 Å². The van der Waals surface area contributed by atoms with Crippen molar-refractivity contribution in [3.8, 4) is 0 Å². The van der Waals surface area contributed by atoms with Gasteiger partial charge in [-0.25, -0.2) is 4.98 Å². The minimum atomic E-state index is -0.658. The summed E-state index contributed by atoms with van der Waals surface area (Å²) < 4.78 is 2.02. The van der Waals surface area contributed by atoms with Crippen LogP contribution in [0.4, 0.5) is 5.95 Å². The van der Waals surface area contributed by atoms with Gasteiger partial charge in [0.05, 0.1) is 5.92 Å². The normalized spacial score (nSPS) is 33.8. The number of hydrogen-bond acceptors (Lipinski definition) is 3. The lowest BCUT2D eigenvalue weighted by Gasteiger charge is -2.29. The fourth-order valence-electron chi connectivity index (χ4n) is 3.71. The molecule has 0 radical (unpaired) electrons. The van der Waals surface area contributed by atoms with E-state index < -0.39 is 5.97 Å². The van der Waals surface area contributed by atoms with Crippen molar-refractivity contribution in [2.24, 2.45) is 17.8 Å². The Balaban J connectivity index is 1.81. The number of rotatable bonds is 4. The van der Waals surface area contributed by atoms with E-state index in [1.165, 1.54) is 0 Å². The van der Waals surface area contributed by atoms with Gasteiger partial charge in [-0.15, -0.1) is 0 Å². The average Bonchev–Trinajstić information content (AvgIpc) is 3.02. The summed E-state index contributed by atoms with van der Waals surface area (Å²) >= 11 is 0. The van der Waals surface area contributed by atoms with Crippen LogP contribution in [0.2, 0.25) is 0 Å². The van der Waals surface area contributed by atoms with Crippen LogP contribution in [0.1, 0.15) is 26.2 Å². The molecular weight excluding hydrogens is 230 g/mol. The Morgan fingerprint density at radius 2 is 2.33 bits per heavy atom. The maximum absolute atomic E-state index is 11.4. The van der Waals surface area contributed by atoms with Crippen molar-refractivity contribution in [1.82, 2.24) is 9.55 Å². The third-order valence-corrected chi connectivity index (χ3v) is 4.55. The first-order chi connectivity index (χ1) is 8.70. The monoisotopic (exact) mass is 249 g/mol. The molecule has 4 atom stereocenters. The van der Waals surface area contributed by atoms with Crippen molar-refractivity contribution in [3.05, 3.63) is 12.4 Å². The van der Waals surface area contributed by atoms with Crippen molar-refractivity contribution < 1.29 is 9.90 Å². The lowest BCUT2D eigenvalue weighted by atomic mass is 9.84. The number of carbonyl (C=O) groups is 1.